The second kappa shape index (κ2) is 5.69. The molecule has 0 radical (unpaired) electrons. The molecule has 1 saturated heterocycles. The fraction of sp³-hybridized carbons (Fsp3) is 0.375. The lowest BCUT2D eigenvalue weighted by Crippen LogP contribution is -2.23. The van der Waals surface area contributed by atoms with Gasteiger partial charge in [0.15, 0.2) is 0 Å². The molecule has 21 heavy (non-hydrogen) atoms. The van der Waals surface area contributed by atoms with Crippen molar-refractivity contribution in [2.24, 2.45) is 0 Å². The predicted molar refractivity (Wildman–Crippen MR) is 77.1 cm³/mol. The van der Waals surface area contributed by atoms with E-state index < -0.39 is 0 Å². The Labute approximate surface area is 123 Å². The lowest BCUT2D eigenvalue weighted by atomic mass is 10.1. The number of carbonyl (C=O) groups is 1. The first-order valence-electron chi connectivity index (χ1n) is 7.06. The maximum Gasteiger partial charge on any atom is 0.356 e. The number of benzene rings is 1. The largest absolute Gasteiger partial charge is 0.455 e. The second-order valence-electron chi connectivity index (χ2n) is 5.26. The molecule has 1 aliphatic heterocycles. The molecule has 1 aliphatic rings. The Morgan fingerprint density at radius 2 is 2.10 bits per heavy atom. The predicted octanol–water partition coefficient (Wildman–Crippen LogP) is 2.44. The Kier molecular flexibility index (Phi) is 3.75. The normalized spacial score (nSPS) is 19.8. The summed E-state index contributed by atoms with van der Waals surface area (Å²) in [6, 6.07) is 10.0. The van der Waals surface area contributed by atoms with Crippen molar-refractivity contribution >= 4 is 5.97 Å². The highest BCUT2D eigenvalue weighted by Gasteiger charge is 2.33. The van der Waals surface area contributed by atoms with Gasteiger partial charge in [-0.15, -0.1) is 0 Å². The summed E-state index contributed by atoms with van der Waals surface area (Å²) in [6.07, 6.45) is 3.01. The minimum Gasteiger partial charge on any atom is -0.455 e. The summed E-state index contributed by atoms with van der Waals surface area (Å²) in [5.74, 6) is -0.363. The molecule has 0 saturated carbocycles. The molecule has 0 bridgehead atoms. The third-order valence-corrected chi connectivity index (χ3v) is 3.75. The number of hydrogen-bond donors (Lipinski definition) is 0. The standard InChI is InChI=1S/C16H18N2O3/c1-11(13-6-4-3-5-7-13)18-10-17-8-14(18)16(19)21-12(2)15-9-20-15/h3-8,10-12,15H,9H2,1-2H3/t11-,12?,15?/m1/s1. The van der Waals surface area contributed by atoms with Crippen molar-refractivity contribution in [1.29, 1.82) is 0 Å². The summed E-state index contributed by atoms with van der Waals surface area (Å²) in [7, 11) is 0. The summed E-state index contributed by atoms with van der Waals surface area (Å²) in [5.41, 5.74) is 1.57. The van der Waals surface area contributed by atoms with Gasteiger partial charge in [-0.2, -0.15) is 0 Å². The molecule has 0 spiro atoms. The number of aromatic nitrogens is 2. The first kappa shape index (κ1) is 13.8. The van der Waals surface area contributed by atoms with Gasteiger partial charge in [0, 0.05) is 0 Å². The number of carbonyl (C=O) groups excluding carboxylic acids is 1. The number of imidazole rings is 1. The Hall–Kier alpha value is -2.14. The van der Waals surface area contributed by atoms with Crippen LogP contribution in [0.5, 0.6) is 0 Å². The van der Waals surface area contributed by atoms with Crippen LogP contribution in [-0.2, 0) is 9.47 Å². The van der Waals surface area contributed by atoms with E-state index in [1.807, 2.05) is 48.7 Å². The first-order chi connectivity index (χ1) is 10.2. The lowest BCUT2D eigenvalue weighted by Gasteiger charge is -2.17. The molecule has 2 heterocycles. The van der Waals surface area contributed by atoms with Gasteiger partial charge >= 0.3 is 5.97 Å². The van der Waals surface area contributed by atoms with Crippen molar-refractivity contribution in [3.63, 3.8) is 0 Å². The van der Waals surface area contributed by atoms with Crippen LogP contribution in [0, 0.1) is 0 Å². The molecule has 110 valence electrons. The minimum absolute atomic E-state index is 0.0173. The number of nitrogens with zero attached hydrogens (tertiary/aromatic N) is 2. The highest BCUT2D eigenvalue weighted by Crippen LogP contribution is 2.22. The van der Waals surface area contributed by atoms with Crippen LogP contribution in [0.15, 0.2) is 42.9 Å². The van der Waals surface area contributed by atoms with Crippen molar-refractivity contribution in [3.8, 4) is 0 Å². The van der Waals surface area contributed by atoms with Crippen LogP contribution in [0.3, 0.4) is 0 Å². The van der Waals surface area contributed by atoms with Crippen LogP contribution in [0.1, 0.15) is 35.9 Å². The number of epoxide rings is 1. The molecule has 2 unspecified atom stereocenters. The SMILES string of the molecule is CC(OC(=O)c1cncn1[C@H](C)c1ccccc1)C1CO1. The highest BCUT2D eigenvalue weighted by molar-refractivity contribution is 5.87. The van der Waals surface area contributed by atoms with Gasteiger partial charge < -0.3 is 14.0 Å². The van der Waals surface area contributed by atoms with Gasteiger partial charge in [0.2, 0.25) is 0 Å². The highest BCUT2D eigenvalue weighted by atomic mass is 16.6. The molecule has 0 amide bonds. The summed E-state index contributed by atoms with van der Waals surface area (Å²) < 4.78 is 12.4. The first-order valence-corrected chi connectivity index (χ1v) is 7.06. The van der Waals surface area contributed by atoms with E-state index in [9.17, 15) is 4.79 Å². The molecule has 3 rings (SSSR count). The number of rotatable bonds is 5. The van der Waals surface area contributed by atoms with Crippen LogP contribution in [-0.4, -0.2) is 34.3 Å². The molecule has 0 N–H and O–H groups in total. The summed E-state index contributed by atoms with van der Waals surface area (Å²) in [5, 5.41) is 0. The van der Waals surface area contributed by atoms with E-state index in [1.165, 1.54) is 0 Å². The molecule has 5 heteroatoms. The average Bonchev–Trinajstić information content (AvgIpc) is 3.24. The van der Waals surface area contributed by atoms with Gasteiger partial charge in [0.05, 0.1) is 25.2 Å². The van der Waals surface area contributed by atoms with E-state index in [0.29, 0.717) is 12.3 Å². The number of ether oxygens (including phenoxy) is 2. The molecular formula is C16H18N2O3. The molecule has 1 fully saturated rings. The van der Waals surface area contributed by atoms with Crippen molar-refractivity contribution in [1.82, 2.24) is 9.55 Å². The van der Waals surface area contributed by atoms with Crippen molar-refractivity contribution in [2.45, 2.75) is 32.1 Å². The summed E-state index contributed by atoms with van der Waals surface area (Å²) in [6.45, 7) is 4.53. The van der Waals surface area contributed by atoms with E-state index in [1.54, 1.807) is 12.5 Å². The van der Waals surface area contributed by atoms with Gasteiger partial charge in [0.1, 0.15) is 17.9 Å². The topological polar surface area (TPSA) is 56.6 Å². The molecule has 1 aromatic heterocycles. The molecule has 0 aliphatic carbocycles. The van der Waals surface area contributed by atoms with Crippen LogP contribution in [0.2, 0.25) is 0 Å². The zero-order chi connectivity index (χ0) is 14.8. The van der Waals surface area contributed by atoms with Crippen LogP contribution >= 0.6 is 0 Å². The van der Waals surface area contributed by atoms with Crippen LogP contribution < -0.4 is 0 Å². The zero-order valence-corrected chi connectivity index (χ0v) is 12.1. The Morgan fingerprint density at radius 3 is 2.76 bits per heavy atom. The summed E-state index contributed by atoms with van der Waals surface area (Å²) in [4.78, 5) is 16.4. The molecule has 3 atom stereocenters. The van der Waals surface area contributed by atoms with Gasteiger partial charge in [-0.25, -0.2) is 9.78 Å². The number of hydrogen-bond acceptors (Lipinski definition) is 4. The maximum atomic E-state index is 12.3. The fourth-order valence-corrected chi connectivity index (χ4v) is 2.30. The van der Waals surface area contributed by atoms with Gasteiger partial charge in [-0.3, -0.25) is 0 Å². The zero-order valence-electron chi connectivity index (χ0n) is 12.1. The minimum atomic E-state index is -0.363. The third-order valence-electron chi connectivity index (χ3n) is 3.75. The van der Waals surface area contributed by atoms with E-state index in [4.69, 9.17) is 9.47 Å². The van der Waals surface area contributed by atoms with Crippen molar-refractivity contribution in [3.05, 3.63) is 54.1 Å². The molecular weight excluding hydrogens is 268 g/mol. The van der Waals surface area contributed by atoms with Crippen molar-refractivity contribution in [2.75, 3.05) is 6.61 Å². The van der Waals surface area contributed by atoms with Crippen molar-refractivity contribution < 1.29 is 14.3 Å². The Bertz CT molecular complexity index is 619. The van der Waals surface area contributed by atoms with Crippen LogP contribution in [0.4, 0.5) is 0 Å². The Balaban J connectivity index is 1.78. The van der Waals surface area contributed by atoms with E-state index >= 15 is 0 Å². The molecule has 1 aromatic carbocycles. The number of esters is 1. The smallest absolute Gasteiger partial charge is 0.356 e. The average molecular weight is 286 g/mol. The van der Waals surface area contributed by atoms with Crippen LogP contribution in [0.25, 0.3) is 0 Å². The molecule has 5 nitrogen and oxygen atoms in total. The van der Waals surface area contributed by atoms with E-state index in [2.05, 4.69) is 4.98 Å². The fourth-order valence-electron chi connectivity index (χ4n) is 2.30. The van der Waals surface area contributed by atoms with Gasteiger partial charge in [0.25, 0.3) is 0 Å². The monoisotopic (exact) mass is 286 g/mol. The van der Waals surface area contributed by atoms with E-state index in [0.717, 1.165) is 5.56 Å². The molecule has 2 aromatic rings. The second-order valence-corrected chi connectivity index (χ2v) is 5.26. The lowest BCUT2D eigenvalue weighted by molar-refractivity contribution is 0.0265. The Morgan fingerprint density at radius 1 is 1.38 bits per heavy atom. The van der Waals surface area contributed by atoms with Gasteiger partial charge in [-0.05, 0) is 19.4 Å². The van der Waals surface area contributed by atoms with E-state index in [-0.39, 0.29) is 24.2 Å². The summed E-state index contributed by atoms with van der Waals surface area (Å²) >= 11 is 0. The maximum absolute atomic E-state index is 12.3. The van der Waals surface area contributed by atoms with Gasteiger partial charge in [-0.1, -0.05) is 30.3 Å². The quantitative estimate of drug-likeness (QED) is 0.626. The third kappa shape index (κ3) is 2.97.